The van der Waals surface area contributed by atoms with Crippen molar-refractivity contribution in [3.63, 3.8) is 0 Å². The number of nitriles is 1. The Labute approximate surface area is 156 Å². The average molecular weight is 372 g/mol. The standard InChI is InChI=1S/C19H21FN4O3/c20-12-5-14(6-21)24(8-12)17(25)7-22-18-15-9-23(10-16(15)18)13-3-1-11(2-4-13)19(26)27/h1-4,12,14-16,18,22H,5,7-10H2,(H,26,27). The third kappa shape index (κ3) is 3.35. The summed E-state index contributed by atoms with van der Waals surface area (Å²) in [5.74, 6) is -0.240. The number of carboxylic acids is 1. The van der Waals surface area contributed by atoms with Gasteiger partial charge in [-0.1, -0.05) is 0 Å². The maximum Gasteiger partial charge on any atom is 0.335 e. The molecule has 7 nitrogen and oxygen atoms in total. The molecule has 0 spiro atoms. The Morgan fingerprint density at radius 3 is 2.48 bits per heavy atom. The Morgan fingerprint density at radius 1 is 1.22 bits per heavy atom. The van der Waals surface area contributed by atoms with E-state index in [1.807, 2.05) is 18.2 Å². The van der Waals surface area contributed by atoms with Crippen LogP contribution in [-0.4, -0.2) is 66.3 Å². The summed E-state index contributed by atoms with van der Waals surface area (Å²) in [6.45, 7) is 1.87. The highest BCUT2D eigenvalue weighted by Crippen LogP contribution is 2.46. The lowest BCUT2D eigenvalue weighted by atomic mass is 10.2. The second-order valence-electron chi connectivity index (χ2n) is 7.52. The number of nitrogens with zero attached hydrogens (tertiary/aromatic N) is 3. The number of carboxylic acid groups (broad SMARTS) is 1. The molecule has 2 heterocycles. The molecule has 8 heteroatoms. The predicted octanol–water partition coefficient (Wildman–Crippen LogP) is 0.872. The number of carbonyl (C=O) groups excluding carboxylic acids is 1. The molecule has 1 saturated carbocycles. The van der Waals surface area contributed by atoms with E-state index >= 15 is 0 Å². The molecule has 4 atom stereocenters. The zero-order chi connectivity index (χ0) is 19.1. The summed E-state index contributed by atoms with van der Waals surface area (Å²) >= 11 is 0. The van der Waals surface area contributed by atoms with Crippen molar-refractivity contribution in [2.75, 3.05) is 31.1 Å². The van der Waals surface area contributed by atoms with E-state index in [4.69, 9.17) is 10.4 Å². The molecule has 1 amide bonds. The second-order valence-corrected chi connectivity index (χ2v) is 7.52. The number of alkyl halides is 1. The summed E-state index contributed by atoms with van der Waals surface area (Å²) in [4.78, 5) is 26.8. The number of rotatable bonds is 5. The molecule has 2 saturated heterocycles. The summed E-state index contributed by atoms with van der Waals surface area (Å²) < 4.78 is 13.4. The fraction of sp³-hybridized carbons (Fsp3) is 0.526. The molecular weight excluding hydrogens is 351 g/mol. The van der Waals surface area contributed by atoms with E-state index in [0.717, 1.165) is 18.8 Å². The van der Waals surface area contributed by atoms with E-state index in [-0.39, 0.29) is 37.0 Å². The number of amides is 1. The third-order valence-electron chi connectivity index (χ3n) is 5.88. The van der Waals surface area contributed by atoms with Gasteiger partial charge in [-0.25, -0.2) is 9.18 Å². The smallest absolute Gasteiger partial charge is 0.335 e. The molecule has 3 fully saturated rings. The van der Waals surface area contributed by atoms with Crippen molar-refractivity contribution >= 4 is 17.6 Å². The van der Waals surface area contributed by atoms with Gasteiger partial charge in [0.2, 0.25) is 5.91 Å². The normalized spacial score (nSPS) is 31.5. The van der Waals surface area contributed by atoms with Gasteiger partial charge in [0.25, 0.3) is 0 Å². The minimum atomic E-state index is -1.11. The van der Waals surface area contributed by atoms with Gasteiger partial charge < -0.3 is 20.2 Å². The van der Waals surface area contributed by atoms with Crippen LogP contribution in [0.4, 0.5) is 10.1 Å². The number of likely N-dealkylation sites (tertiary alicyclic amines) is 1. The number of nitrogens with one attached hydrogen (secondary N) is 1. The fourth-order valence-corrected chi connectivity index (χ4v) is 4.34. The summed E-state index contributed by atoms with van der Waals surface area (Å²) in [6.07, 6.45) is -1.01. The number of halogens is 1. The maximum atomic E-state index is 13.4. The molecular formula is C19H21FN4O3. The van der Waals surface area contributed by atoms with Crippen molar-refractivity contribution in [2.45, 2.75) is 24.7 Å². The first-order valence-corrected chi connectivity index (χ1v) is 9.12. The lowest BCUT2D eigenvalue weighted by Crippen LogP contribution is -2.42. The zero-order valence-electron chi connectivity index (χ0n) is 14.7. The van der Waals surface area contributed by atoms with E-state index in [0.29, 0.717) is 11.8 Å². The van der Waals surface area contributed by atoms with Gasteiger partial charge in [0, 0.05) is 31.2 Å². The molecule has 4 unspecified atom stereocenters. The molecule has 2 aliphatic heterocycles. The van der Waals surface area contributed by atoms with Crippen molar-refractivity contribution in [3.05, 3.63) is 29.8 Å². The van der Waals surface area contributed by atoms with Gasteiger partial charge >= 0.3 is 5.97 Å². The van der Waals surface area contributed by atoms with E-state index in [9.17, 15) is 14.0 Å². The van der Waals surface area contributed by atoms with Crippen LogP contribution in [0.2, 0.25) is 0 Å². The number of fused-ring (bicyclic) bond motifs is 1. The van der Waals surface area contributed by atoms with Crippen molar-refractivity contribution in [2.24, 2.45) is 11.8 Å². The number of aromatic carboxylic acids is 1. The van der Waals surface area contributed by atoms with Gasteiger partial charge in [0.1, 0.15) is 12.2 Å². The SMILES string of the molecule is N#CC1CC(F)CN1C(=O)CNC1C2CN(c3ccc(C(=O)O)cc3)CC21. The Balaban J connectivity index is 1.25. The summed E-state index contributed by atoms with van der Waals surface area (Å²) in [6, 6.07) is 8.47. The van der Waals surface area contributed by atoms with Gasteiger partial charge in [-0.2, -0.15) is 5.26 Å². The van der Waals surface area contributed by atoms with E-state index < -0.39 is 18.2 Å². The van der Waals surface area contributed by atoms with Crippen LogP contribution in [0.15, 0.2) is 24.3 Å². The van der Waals surface area contributed by atoms with Crippen LogP contribution < -0.4 is 10.2 Å². The first-order valence-electron chi connectivity index (χ1n) is 9.12. The molecule has 0 aromatic heterocycles. The first-order chi connectivity index (χ1) is 13.0. The molecule has 4 rings (SSSR count). The van der Waals surface area contributed by atoms with Gasteiger partial charge in [0.15, 0.2) is 0 Å². The van der Waals surface area contributed by atoms with E-state index in [2.05, 4.69) is 10.2 Å². The van der Waals surface area contributed by atoms with Crippen LogP contribution in [0.5, 0.6) is 0 Å². The van der Waals surface area contributed by atoms with Crippen molar-refractivity contribution in [1.82, 2.24) is 10.2 Å². The number of hydrogen-bond acceptors (Lipinski definition) is 5. The van der Waals surface area contributed by atoms with Crippen molar-refractivity contribution in [3.8, 4) is 6.07 Å². The minimum absolute atomic E-state index is 0.0103. The number of carbonyl (C=O) groups is 2. The van der Waals surface area contributed by atoms with Crippen molar-refractivity contribution in [1.29, 1.82) is 5.26 Å². The molecule has 1 aliphatic carbocycles. The first kappa shape index (κ1) is 17.7. The predicted molar refractivity (Wildman–Crippen MR) is 95.0 cm³/mol. The quantitative estimate of drug-likeness (QED) is 0.796. The Bertz CT molecular complexity index is 781. The third-order valence-corrected chi connectivity index (χ3v) is 5.88. The van der Waals surface area contributed by atoms with E-state index in [1.165, 1.54) is 4.90 Å². The monoisotopic (exact) mass is 372 g/mol. The molecule has 0 bridgehead atoms. The molecule has 1 aromatic rings. The summed E-state index contributed by atoms with van der Waals surface area (Å²) in [5.41, 5.74) is 1.28. The van der Waals surface area contributed by atoms with Crippen molar-refractivity contribution < 1.29 is 19.1 Å². The Hall–Kier alpha value is -2.66. The molecule has 142 valence electrons. The summed E-state index contributed by atoms with van der Waals surface area (Å²) in [7, 11) is 0. The topological polar surface area (TPSA) is 96.7 Å². The maximum absolute atomic E-state index is 13.4. The van der Waals surface area contributed by atoms with Gasteiger partial charge in [-0.15, -0.1) is 0 Å². The molecule has 27 heavy (non-hydrogen) atoms. The van der Waals surface area contributed by atoms with Crippen LogP contribution >= 0.6 is 0 Å². The zero-order valence-corrected chi connectivity index (χ0v) is 14.7. The Kier molecular flexibility index (Phi) is 4.48. The fourth-order valence-electron chi connectivity index (χ4n) is 4.34. The van der Waals surface area contributed by atoms with Crippen LogP contribution in [0, 0.1) is 23.2 Å². The van der Waals surface area contributed by atoms with Gasteiger partial charge in [-0.05, 0) is 36.1 Å². The van der Waals surface area contributed by atoms with Crippen LogP contribution in [0.3, 0.4) is 0 Å². The number of benzene rings is 1. The molecule has 1 aromatic carbocycles. The summed E-state index contributed by atoms with van der Waals surface area (Å²) in [5, 5.41) is 21.3. The largest absolute Gasteiger partial charge is 0.478 e. The average Bonchev–Trinajstić information content (AvgIpc) is 3.00. The molecule has 2 N–H and O–H groups in total. The number of hydrogen-bond donors (Lipinski definition) is 2. The van der Waals surface area contributed by atoms with Gasteiger partial charge in [-0.3, -0.25) is 4.79 Å². The van der Waals surface area contributed by atoms with Crippen LogP contribution in [0.25, 0.3) is 0 Å². The van der Waals surface area contributed by atoms with E-state index in [1.54, 1.807) is 12.1 Å². The molecule has 0 radical (unpaired) electrons. The lowest BCUT2D eigenvalue weighted by molar-refractivity contribution is -0.130. The highest BCUT2D eigenvalue weighted by atomic mass is 19.1. The van der Waals surface area contributed by atoms with Crippen LogP contribution in [0.1, 0.15) is 16.8 Å². The van der Waals surface area contributed by atoms with Crippen LogP contribution in [-0.2, 0) is 4.79 Å². The lowest BCUT2D eigenvalue weighted by Gasteiger charge is -2.23. The number of anilines is 1. The second kappa shape index (κ2) is 6.82. The molecule has 3 aliphatic rings. The highest BCUT2D eigenvalue weighted by Gasteiger charge is 2.55. The Morgan fingerprint density at radius 2 is 1.89 bits per heavy atom. The minimum Gasteiger partial charge on any atom is -0.478 e. The highest BCUT2D eigenvalue weighted by molar-refractivity contribution is 5.88. The van der Waals surface area contributed by atoms with Gasteiger partial charge in [0.05, 0.1) is 24.7 Å². The number of piperidine rings is 1.